The Kier molecular flexibility index (Phi) is 9.39. The summed E-state index contributed by atoms with van der Waals surface area (Å²) in [5.41, 5.74) is 22.4. The fraction of sp³-hybridized carbons (Fsp3) is 0.279. The summed E-state index contributed by atoms with van der Waals surface area (Å²) < 4.78 is 2.75. The van der Waals surface area contributed by atoms with Crippen LogP contribution in [0.4, 0.5) is 34.1 Å². The predicted molar refractivity (Wildman–Crippen MR) is 284 cm³/mol. The molecule has 7 aromatic carbocycles. The zero-order chi connectivity index (χ0) is 45.4. The fourth-order valence-corrected chi connectivity index (χ4v) is 12.5. The summed E-state index contributed by atoms with van der Waals surface area (Å²) in [6.07, 6.45) is 2.35. The van der Waals surface area contributed by atoms with Crippen LogP contribution in [0.25, 0.3) is 32.3 Å². The van der Waals surface area contributed by atoms with E-state index in [1.807, 2.05) is 11.3 Å². The Labute approximate surface area is 392 Å². The summed E-state index contributed by atoms with van der Waals surface area (Å²) >= 11 is 2.00. The zero-order valence-electron chi connectivity index (χ0n) is 40.2. The highest BCUT2D eigenvalue weighted by atomic mass is 32.1. The van der Waals surface area contributed by atoms with Crippen molar-refractivity contribution >= 4 is 78.0 Å². The van der Waals surface area contributed by atoms with Gasteiger partial charge in [0.25, 0.3) is 6.71 Å². The molecule has 0 saturated carbocycles. The first kappa shape index (κ1) is 41.8. The molecule has 11 rings (SSSR count). The van der Waals surface area contributed by atoms with E-state index in [0.717, 1.165) is 0 Å². The van der Waals surface area contributed by atoms with E-state index in [-0.39, 0.29) is 28.4 Å². The topological polar surface area (TPSA) is 6.48 Å². The molecule has 0 N–H and O–H groups in total. The van der Waals surface area contributed by atoms with Crippen LogP contribution in [0.2, 0.25) is 0 Å². The molecule has 0 fully saturated rings. The third-order valence-electron chi connectivity index (χ3n) is 15.1. The second-order valence-corrected chi connectivity index (χ2v) is 23.7. The maximum absolute atomic E-state index is 2.69. The van der Waals surface area contributed by atoms with Crippen molar-refractivity contribution in [1.82, 2.24) is 0 Å². The monoisotopic (exact) mass is 864 g/mol. The largest absolute Gasteiger partial charge is 0.311 e. The lowest BCUT2D eigenvalue weighted by Gasteiger charge is -2.47. The van der Waals surface area contributed by atoms with Crippen LogP contribution >= 0.6 is 11.3 Å². The molecule has 3 aliphatic rings. The van der Waals surface area contributed by atoms with Gasteiger partial charge < -0.3 is 9.80 Å². The Bertz CT molecular complexity index is 3180. The van der Waals surface area contributed by atoms with Crippen molar-refractivity contribution in [3.63, 3.8) is 0 Å². The van der Waals surface area contributed by atoms with Gasteiger partial charge in [0, 0.05) is 43.2 Å². The van der Waals surface area contributed by atoms with Gasteiger partial charge in [-0.15, -0.1) is 11.3 Å². The van der Waals surface area contributed by atoms with E-state index >= 15 is 0 Å². The minimum Gasteiger partial charge on any atom is -0.311 e. The van der Waals surface area contributed by atoms with Crippen LogP contribution in [0.1, 0.15) is 110 Å². The lowest BCUT2D eigenvalue weighted by atomic mass is 9.35. The molecule has 1 aliphatic carbocycles. The first-order valence-electron chi connectivity index (χ1n) is 23.8. The molecule has 0 spiro atoms. The lowest BCUT2D eigenvalue weighted by molar-refractivity contribution is 0.332. The van der Waals surface area contributed by atoms with Gasteiger partial charge in [0.2, 0.25) is 0 Å². The first-order chi connectivity index (χ1) is 30.9. The molecule has 2 nitrogen and oxygen atoms in total. The molecule has 324 valence electrons. The van der Waals surface area contributed by atoms with Crippen molar-refractivity contribution in [1.29, 1.82) is 0 Å². The molecule has 4 heteroatoms. The van der Waals surface area contributed by atoms with Gasteiger partial charge in [0.15, 0.2) is 0 Å². The summed E-state index contributed by atoms with van der Waals surface area (Å²) in [6, 6.07) is 56.2. The third-order valence-corrected chi connectivity index (χ3v) is 16.3. The van der Waals surface area contributed by atoms with Crippen molar-refractivity contribution in [3.05, 3.63) is 173 Å². The maximum atomic E-state index is 2.69. The van der Waals surface area contributed by atoms with Gasteiger partial charge in [-0.1, -0.05) is 166 Å². The predicted octanol–water partition coefficient (Wildman–Crippen LogP) is 15.6. The number of anilines is 6. The van der Waals surface area contributed by atoms with E-state index in [0.29, 0.717) is 0 Å². The maximum Gasteiger partial charge on any atom is 0.264 e. The minimum absolute atomic E-state index is 0.00940. The van der Waals surface area contributed by atoms with Crippen LogP contribution in [0.3, 0.4) is 0 Å². The number of thiophene rings is 1. The second kappa shape index (κ2) is 14.6. The second-order valence-electron chi connectivity index (χ2n) is 22.6. The van der Waals surface area contributed by atoms with Crippen molar-refractivity contribution in [2.75, 3.05) is 9.80 Å². The zero-order valence-corrected chi connectivity index (χ0v) is 41.0. The summed E-state index contributed by atoms with van der Waals surface area (Å²) in [5, 5.41) is 1.33. The Balaban J connectivity index is 1.29. The van der Waals surface area contributed by atoms with E-state index < -0.39 is 0 Å². The van der Waals surface area contributed by atoms with Gasteiger partial charge in [-0.05, 0) is 145 Å². The molecule has 0 radical (unpaired) electrons. The summed E-state index contributed by atoms with van der Waals surface area (Å²) in [4.78, 5) is 5.32. The normalized spacial score (nSPS) is 16.0. The molecule has 3 heterocycles. The van der Waals surface area contributed by atoms with Crippen molar-refractivity contribution in [3.8, 4) is 22.3 Å². The number of aryl methyl sites for hydroxylation is 1. The van der Waals surface area contributed by atoms with Crippen LogP contribution in [0, 0.1) is 6.92 Å². The molecular weight excluding hydrogens is 804 g/mol. The van der Waals surface area contributed by atoms with E-state index in [1.165, 1.54) is 123 Å². The molecule has 1 aromatic heterocycles. The van der Waals surface area contributed by atoms with Crippen LogP contribution in [-0.4, -0.2) is 6.71 Å². The summed E-state index contributed by atoms with van der Waals surface area (Å²) in [5.74, 6) is 0. The van der Waals surface area contributed by atoms with Crippen LogP contribution in [0.15, 0.2) is 146 Å². The van der Waals surface area contributed by atoms with E-state index in [4.69, 9.17) is 0 Å². The Morgan fingerprint density at radius 3 is 1.74 bits per heavy atom. The fourth-order valence-electron chi connectivity index (χ4n) is 11.2. The standard InChI is InChI=1S/C61H61BN2S/c1-38-32-52-55-53(33-38)64(50-34-41(39-18-14-12-15-19-39)22-28-45(50)40-20-16-13-17-21-40)56-46-35-43(59(5,6)7)25-29-54(46)65-57(56)62(55)49-36-47-48(61(10,11)31-30-60(47,8)9)37-51(49)63(52)44-26-23-42(24-27-44)58(2,3)4/h12-29,32-37H,30-31H2,1-11H3. The Morgan fingerprint density at radius 1 is 0.523 bits per heavy atom. The number of hydrogen-bond acceptors (Lipinski definition) is 3. The third kappa shape index (κ3) is 6.73. The average molecular weight is 865 g/mol. The van der Waals surface area contributed by atoms with Crippen LogP contribution in [0.5, 0.6) is 0 Å². The van der Waals surface area contributed by atoms with Gasteiger partial charge in [0.1, 0.15) is 0 Å². The molecule has 0 amide bonds. The van der Waals surface area contributed by atoms with E-state index in [9.17, 15) is 0 Å². The molecule has 0 bridgehead atoms. The van der Waals surface area contributed by atoms with Gasteiger partial charge in [0.05, 0.1) is 11.4 Å². The van der Waals surface area contributed by atoms with E-state index in [1.54, 1.807) is 0 Å². The van der Waals surface area contributed by atoms with Gasteiger partial charge >= 0.3 is 0 Å². The Hall–Kier alpha value is -5.84. The van der Waals surface area contributed by atoms with Crippen molar-refractivity contribution in [2.24, 2.45) is 0 Å². The number of rotatable bonds is 4. The quantitative estimate of drug-likeness (QED) is 0.163. The lowest BCUT2D eigenvalue weighted by Crippen LogP contribution is -2.61. The number of nitrogens with zero attached hydrogens (tertiary/aromatic N) is 2. The SMILES string of the molecule is Cc1cc2c3c(c1)N(c1cc(-c4ccccc4)ccc1-c1ccccc1)c1c(sc4ccc(C(C)(C)C)cc14)B3c1cc3c(cc1N2c1ccc(C(C)(C)C)cc1)C(C)(C)CCC3(C)C. The van der Waals surface area contributed by atoms with Crippen molar-refractivity contribution < 1.29 is 0 Å². The van der Waals surface area contributed by atoms with Crippen molar-refractivity contribution in [2.45, 2.75) is 111 Å². The highest BCUT2D eigenvalue weighted by Gasteiger charge is 2.48. The number of benzene rings is 7. The Morgan fingerprint density at radius 2 is 1.11 bits per heavy atom. The average Bonchev–Trinajstić information content (AvgIpc) is 3.66. The van der Waals surface area contributed by atoms with Gasteiger partial charge in [-0.3, -0.25) is 0 Å². The molecule has 0 saturated heterocycles. The highest BCUT2D eigenvalue weighted by Crippen LogP contribution is 2.53. The molecule has 65 heavy (non-hydrogen) atoms. The van der Waals surface area contributed by atoms with Gasteiger partial charge in [-0.25, -0.2) is 0 Å². The first-order valence-corrected chi connectivity index (χ1v) is 24.6. The molecule has 0 unspecified atom stereocenters. The molecule has 2 aliphatic heterocycles. The summed E-state index contributed by atoms with van der Waals surface area (Å²) in [7, 11) is 0. The number of hydrogen-bond donors (Lipinski definition) is 0. The molecule has 0 atom stereocenters. The number of fused-ring (bicyclic) bond motifs is 7. The smallest absolute Gasteiger partial charge is 0.264 e. The highest BCUT2D eigenvalue weighted by molar-refractivity contribution is 7.33. The van der Waals surface area contributed by atoms with Crippen LogP contribution < -0.4 is 25.5 Å². The molecular formula is C61H61BN2S. The summed E-state index contributed by atoms with van der Waals surface area (Å²) in [6.45, 7) is 26.2. The van der Waals surface area contributed by atoms with Gasteiger partial charge in [-0.2, -0.15) is 0 Å². The van der Waals surface area contributed by atoms with E-state index in [2.05, 4.69) is 232 Å². The molecule has 8 aromatic rings. The minimum atomic E-state index is -0.00940. The van der Waals surface area contributed by atoms with Crippen LogP contribution in [-0.2, 0) is 21.7 Å².